The van der Waals surface area contributed by atoms with Gasteiger partial charge >= 0.3 is 0 Å². The molecule has 0 aliphatic heterocycles. The molecule has 0 aliphatic rings. The van der Waals surface area contributed by atoms with Gasteiger partial charge in [-0.3, -0.25) is 4.79 Å². The number of aromatic hydroxyl groups is 1. The molecule has 0 aromatic heterocycles. The molecule has 1 aromatic rings. The van der Waals surface area contributed by atoms with Crippen molar-refractivity contribution in [2.24, 2.45) is 0 Å². The topological polar surface area (TPSA) is 49.8 Å². The van der Waals surface area contributed by atoms with Crippen molar-refractivity contribution >= 4 is 11.5 Å². The van der Waals surface area contributed by atoms with E-state index in [0.29, 0.717) is 18.2 Å². The zero-order chi connectivity index (χ0) is 15.1. The molecule has 20 heavy (non-hydrogen) atoms. The number of hydrogen-bond acceptors (Lipinski definition) is 4. The van der Waals surface area contributed by atoms with Crippen LogP contribution in [0, 0.1) is 0 Å². The molecule has 4 heteroatoms. The van der Waals surface area contributed by atoms with E-state index >= 15 is 0 Å². The SMILES string of the molecule is CCC(CC)N(CCOC)c1ccc(C(C)=O)c(O)c1. The van der Waals surface area contributed by atoms with E-state index in [1.807, 2.05) is 6.07 Å². The molecule has 1 aromatic carbocycles. The smallest absolute Gasteiger partial charge is 0.163 e. The molecule has 0 atom stereocenters. The van der Waals surface area contributed by atoms with E-state index in [0.717, 1.165) is 25.1 Å². The van der Waals surface area contributed by atoms with Crippen LogP contribution in [-0.4, -0.2) is 37.2 Å². The molecule has 1 N–H and O–H groups in total. The number of carbonyl (C=O) groups excluding carboxylic acids is 1. The Hall–Kier alpha value is -1.55. The van der Waals surface area contributed by atoms with Crippen LogP contribution in [0.5, 0.6) is 5.75 Å². The highest BCUT2D eigenvalue weighted by Gasteiger charge is 2.17. The summed E-state index contributed by atoms with van der Waals surface area (Å²) in [5, 5.41) is 9.98. The van der Waals surface area contributed by atoms with Crippen LogP contribution >= 0.6 is 0 Å². The van der Waals surface area contributed by atoms with Gasteiger partial charge in [0.1, 0.15) is 5.75 Å². The number of anilines is 1. The average Bonchev–Trinajstić information content (AvgIpc) is 2.43. The fourth-order valence-corrected chi connectivity index (χ4v) is 2.44. The first-order chi connectivity index (χ1) is 9.54. The largest absolute Gasteiger partial charge is 0.507 e. The minimum atomic E-state index is -0.125. The van der Waals surface area contributed by atoms with Crippen LogP contribution < -0.4 is 4.90 Å². The molecule has 0 bridgehead atoms. The normalized spacial score (nSPS) is 10.8. The minimum Gasteiger partial charge on any atom is -0.507 e. The fourth-order valence-electron chi connectivity index (χ4n) is 2.44. The summed E-state index contributed by atoms with van der Waals surface area (Å²) in [5.41, 5.74) is 1.29. The standard InChI is InChI=1S/C16H25NO3/c1-5-13(6-2)17(9-10-20-4)14-7-8-15(12(3)18)16(19)11-14/h7-8,11,13,19H,5-6,9-10H2,1-4H3. The Labute approximate surface area is 121 Å². The van der Waals surface area contributed by atoms with E-state index in [4.69, 9.17) is 4.74 Å². The third kappa shape index (κ3) is 3.97. The zero-order valence-electron chi connectivity index (χ0n) is 12.8. The number of rotatable bonds is 8. The number of Topliss-reactive ketones (excluding diaryl/α,β-unsaturated/α-hetero) is 1. The highest BCUT2D eigenvalue weighted by atomic mass is 16.5. The second-order valence-corrected chi connectivity index (χ2v) is 4.91. The van der Waals surface area contributed by atoms with Crippen molar-refractivity contribution in [2.75, 3.05) is 25.2 Å². The second kappa shape index (κ2) is 7.90. The Balaban J connectivity index is 3.06. The van der Waals surface area contributed by atoms with Gasteiger partial charge in [0.25, 0.3) is 0 Å². The van der Waals surface area contributed by atoms with Crippen molar-refractivity contribution in [3.8, 4) is 5.75 Å². The Bertz CT molecular complexity index is 441. The third-order valence-electron chi connectivity index (χ3n) is 3.61. The quantitative estimate of drug-likeness (QED) is 0.742. The Kier molecular flexibility index (Phi) is 6.52. The molecule has 0 heterocycles. The third-order valence-corrected chi connectivity index (χ3v) is 3.61. The number of phenolic OH excluding ortho intramolecular Hbond substituents is 1. The van der Waals surface area contributed by atoms with E-state index in [9.17, 15) is 9.90 Å². The maximum atomic E-state index is 11.4. The highest BCUT2D eigenvalue weighted by molar-refractivity contribution is 5.97. The maximum absolute atomic E-state index is 11.4. The lowest BCUT2D eigenvalue weighted by Gasteiger charge is -2.32. The fraction of sp³-hybridized carbons (Fsp3) is 0.562. The van der Waals surface area contributed by atoms with Gasteiger partial charge < -0.3 is 14.7 Å². The van der Waals surface area contributed by atoms with Crippen LogP contribution in [0.2, 0.25) is 0 Å². The Morgan fingerprint density at radius 1 is 1.35 bits per heavy atom. The highest BCUT2D eigenvalue weighted by Crippen LogP contribution is 2.27. The first-order valence-corrected chi connectivity index (χ1v) is 7.14. The molecule has 0 radical (unpaired) electrons. The van der Waals surface area contributed by atoms with Crippen LogP contribution in [0.4, 0.5) is 5.69 Å². The van der Waals surface area contributed by atoms with Gasteiger partial charge in [0.05, 0.1) is 12.2 Å². The zero-order valence-corrected chi connectivity index (χ0v) is 12.8. The summed E-state index contributed by atoms with van der Waals surface area (Å²) in [6.45, 7) is 7.15. The number of methoxy groups -OCH3 is 1. The van der Waals surface area contributed by atoms with Crippen LogP contribution in [0.25, 0.3) is 0 Å². The van der Waals surface area contributed by atoms with Gasteiger partial charge in [0.2, 0.25) is 0 Å². The molecule has 0 unspecified atom stereocenters. The molecule has 0 aliphatic carbocycles. The lowest BCUT2D eigenvalue weighted by atomic mass is 10.1. The summed E-state index contributed by atoms with van der Waals surface area (Å²) >= 11 is 0. The summed E-state index contributed by atoms with van der Waals surface area (Å²) in [7, 11) is 1.68. The lowest BCUT2D eigenvalue weighted by Crippen LogP contribution is -2.37. The van der Waals surface area contributed by atoms with Crippen LogP contribution in [0.3, 0.4) is 0 Å². The first kappa shape index (κ1) is 16.5. The monoisotopic (exact) mass is 279 g/mol. The van der Waals surface area contributed by atoms with Gasteiger partial charge in [-0.05, 0) is 31.9 Å². The van der Waals surface area contributed by atoms with Crippen LogP contribution in [0.1, 0.15) is 44.0 Å². The number of ketones is 1. The van der Waals surface area contributed by atoms with Gasteiger partial charge in [0.15, 0.2) is 5.78 Å². The van der Waals surface area contributed by atoms with E-state index in [2.05, 4.69) is 18.7 Å². The van der Waals surface area contributed by atoms with E-state index < -0.39 is 0 Å². The summed E-state index contributed by atoms with van der Waals surface area (Å²) in [4.78, 5) is 13.6. The van der Waals surface area contributed by atoms with Crippen molar-refractivity contribution in [1.82, 2.24) is 0 Å². The van der Waals surface area contributed by atoms with Crippen LogP contribution in [0.15, 0.2) is 18.2 Å². The predicted molar refractivity (Wildman–Crippen MR) is 81.7 cm³/mol. The maximum Gasteiger partial charge on any atom is 0.163 e. The second-order valence-electron chi connectivity index (χ2n) is 4.91. The molecule has 0 saturated heterocycles. The summed E-state index contributed by atoms with van der Waals surface area (Å²) in [6, 6.07) is 5.65. The number of ether oxygens (including phenoxy) is 1. The summed E-state index contributed by atoms with van der Waals surface area (Å²) < 4.78 is 5.17. The van der Waals surface area contributed by atoms with Crippen molar-refractivity contribution in [1.29, 1.82) is 0 Å². The van der Waals surface area contributed by atoms with Crippen LogP contribution in [-0.2, 0) is 4.74 Å². The van der Waals surface area contributed by atoms with Gasteiger partial charge in [-0.2, -0.15) is 0 Å². The van der Waals surface area contributed by atoms with E-state index in [-0.39, 0.29) is 11.5 Å². The molecule has 4 nitrogen and oxygen atoms in total. The minimum absolute atomic E-state index is 0.0448. The molecule has 0 saturated carbocycles. The van der Waals surface area contributed by atoms with Gasteiger partial charge in [-0.1, -0.05) is 13.8 Å². The van der Waals surface area contributed by atoms with Crippen molar-refractivity contribution in [2.45, 2.75) is 39.7 Å². The van der Waals surface area contributed by atoms with Crippen molar-refractivity contribution in [3.05, 3.63) is 23.8 Å². The average molecular weight is 279 g/mol. The summed E-state index contributed by atoms with van der Waals surface area (Å²) in [6.07, 6.45) is 2.05. The van der Waals surface area contributed by atoms with Crippen molar-refractivity contribution < 1.29 is 14.6 Å². The van der Waals surface area contributed by atoms with E-state index in [1.165, 1.54) is 6.92 Å². The number of carbonyl (C=O) groups is 1. The molecular formula is C16H25NO3. The molecule has 0 spiro atoms. The first-order valence-electron chi connectivity index (χ1n) is 7.14. The number of phenols is 1. The molecule has 0 fully saturated rings. The Morgan fingerprint density at radius 2 is 2.00 bits per heavy atom. The summed E-state index contributed by atoms with van der Waals surface area (Å²) in [5.74, 6) is -0.0802. The van der Waals surface area contributed by atoms with Gasteiger partial charge in [0, 0.05) is 31.5 Å². The lowest BCUT2D eigenvalue weighted by molar-refractivity contribution is 0.101. The number of nitrogens with zero attached hydrogens (tertiary/aromatic N) is 1. The van der Waals surface area contributed by atoms with Gasteiger partial charge in [-0.25, -0.2) is 0 Å². The number of benzene rings is 1. The Morgan fingerprint density at radius 3 is 2.45 bits per heavy atom. The molecule has 112 valence electrons. The van der Waals surface area contributed by atoms with Gasteiger partial charge in [-0.15, -0.1) is 0 Å². The molecule has 1 rings (SSSR count). The molecular weight excluding hydrogens is 254 g/mol. The van der Waals surface area contributed by atoms with Crippen molar-refractivity contribution in [3.63, 3.8) is 0 Å². The van der Waals surface area contributed by atoms with E-state index in [1.54, 1.807) is 19.2 Å². The molecule has 0 amide bonds. The predicted octanol–water partition coefficient (Wildman–Crippen LogP) is 3.24. The number of hydrogen-bond donors (Lipinski definition) is 1.